The lowest BCUT2D eigenvalue weighted by Crippen LogP contribution is -2.40. The second kappa shape index (κ2) is 8.10. The number of nitro groups is 1. The van der Waals surface area contributed by atoms with E-state index in [4.69, 9.17) is 4.43 Å². The maximum atomic E-state index is 12.2. The monoisotopic (exact) mass is 384 g/mol. The van der Waals surface area contributed by atoms with Crippen molar-refractivity contribution >= 4 is 24.0 Å². The van der Waals surface area contributed by atoms with Crippen molar-refractivity contribution < 1.29 is 17.8 Å². The fourth-order valence-electron chi connectivity index (χ4n) is 1.59. The highest BCUT2D eigenvalue weighted by Gasteiger charge is 2.36. The van der Waals surface area contributed by atoms with Gasteiger partial charge in [-0.3, -0.25) is 10.1 Å². The summed E-state index contributed by atoms with van der Waals surface area (Å²) in [6, 6.07) is 5.18. The summed E-state index contributed by atoms with van der Waals surface area (Å²) in [6.45, 7) is 10.6. The lowest BCUT2D eigenvalue weighted by molar-refractivity contribution is -0.387. The summed E-state index contributed by atoms with van der Waals surface area (Å²) in [5.74, 6) is 5.45. The maximum Gasteiger partial charge on any atom is 0.289 e. The molecule has 0 spiro atoms. The van der Waals surface area contributed by atoms with E-state index in [0.717, 1.165) is 6.07 Å². The minimum atomic E-state index is -4.00. The van der Waals surface area contributed by atoms with Gasteiger partial charge >= 0.3 is 0 Å². The summed E-state index contributed by atoms with van der Waals surface area (Å²) in [5.41, 5.74) is -0.468. The van der Waals surface area contributed by atoms with Crippen molar-refractivity contribution in [2.75, 3.05) is 13.2 Å². The van der Waals surface area contributed by atoms with Crippen LogP contribution < -0.4 is 4.72 Å². The van der Waals surface area contributed by atoms with Gasteiger partial charge in [-0.25, -0.2) is 8.42 Å². The zero-order valence-corrected chi connectivity index (χ0v) is 16.9. The Labute approximate surface area is 150 Å². The standard InChI is InChI=1S/C16H24N2O5SSi/c1-16(2,3)25(4,5)23-13-9-8-12-17-24(21,22)15-11-7-6-10-14(15)18(19)20/h6-7,10-11,17H,12-13H2,1-5H3. The van der Waals surface area contributed by atoms with Gasteiger partial charge in [0, 0.05) is 6.07 Å². The summed E-state index contributed by atoms with van der Waals surface area (Å²) in [5, 5.41) is 11.0. The summed E-state index contributed by atoms with van der Waals surface area (Å²) in [6.07, 6.45) is 0. The highest BCUT2D eigenvalue weighted by molar-refractivity contribution is 7.89. The first-order valence-corrected chi connectivity index (χ1v) is 12.1. The zero-order valence-electron chi connectivity index (χ0n) is 15.1. The van der Waals surface area contributed by atoms with Gasteiger partial charge in [0.1, 0.15) is 0 Å². The van der Waals surface area contributed by atoms with E-state index in [1.165, 1.54) is 18.2 Å². The molecule has 0 fully saturated rings. The number of para-hydroxylation sites is 1. The Balaban J connectivity index is 2.67. The van der Waals surface area contributed by atoms with Crippen molar-refractivity contribution in [3.63, 3.8) is 0 Å². The Bertz CT molecular complexity index is 789. The van der Waals surface area contributed by atoms with E-state index < -0.39 is 29.0 Å². The molecule has 0 aliphatic rings. The number of benzene rings is 1. The lowest BCUT2D eigenvalue weighted by Gasteiger charge is -2.35. The van der Waals surface area contributed by atoms with Crippen molar-refractivity contribution in [2.24, 2.45) is 0 Å². The highest BCUT2D eigenvalue weighted by Crippen LogP contribution is 2.36. The van der Waals surface area contributed by atoms with E-state index in [9.17, 15) is 18.5 Å². The van der Waals surface area contributed by atoms with Crippen molar-refractivity contribution in [3.05, 3.63) is 34.4 Å². The molecule has 0 radical (unpaired) electrons. The van der Waals surface area contributed by atoms with E-state index >= 15 is 0 Å². The van der Waals surface area contributed by atoms with Crippen LogP contribution in [0.15, 0.2) is 29.2 Å². The third kappa shape index (κ3) is 5.93. The quantitative estimate of drug-likeness (QED) is 0.352. The molecule has 9 heteroatoms. The van der Waals surface area contributed by atoms with E-state index in [2.05, 4.69) is 50.4 Å². The largest absolute Gasteiger partial charge is 0.406 e. The lowest BCUT2D eigenvalue weighted by atomic mass is 10.2. The number of sulfonamides is 1. The average Bonchev–Trinajstić information content (AvgIpc) is 2.49. The Morgan fingerprint density at radius 2 is 1.84 bits per heavy atom. The number of nitro benzene ring substituents is 1. The molecule has 0 unspecified atom stereocenters. The van der Waals surface area contributed by atoms with Gasteiger partial charge in [-0.1, -0.05) is 44.7 Å². The molecular formula is C16H24N2O5SSi. The van der Waals surface area contributed by atoms with Crippen molar-refractivity contribution in [1.29, 1.82) is 0 Å². The van der Waals surface area contributed by atoms with E-state index in [0.29, 0.717) is 0 Å². The van der Waals surface area contributed by atoms with E-state index in [-0.39, 0.29) is 23.1 Å². The van der Waals surface area contributed by atoms with Gasteiger partial charge in [-0.15, -0.1) is 0 Å². The van der Waals surface area contributed by atoms with Gasteiger partial charge in [0.05, 0.1) is 18.1 Å². The van der Waals surface area contributed by atoms with Crippen LogP contribution >= 0.6 is 0 Å². The number of hydrogen-bond acceptors (Lipinski definition) is 5. The van der Waals surface area contributed by atoms with Crippen molar-refractivity contribution in [3.8, 4) is 11.8 Å². The Morgan fingerprint density at radius 1 is 1.24 bits per heavy atom. The van der Waals surface area contributed by atoms with Crippen LogP contribution in [-0.4, -0.2) is 34.8 Å². The van der Waals surface area contributed by atoms with Crippen molar-refractivity contribution in [2.45, 2.75) is 43.8 Å². The molecule has 1 aromatic carbocycles. The number of nitrogens with zero attached hydrogens (tertiary/aromatic N) is 1. The molecule has 0 amide bonds. The van der Waals surface area contributed by atoms with Gasteiger partial charge in [0.2, 0.25) is 10.0 Å². The summed E-state index contributed by atoms with van der Waals surface area (Å²) >= 11 is 0. The van der Waals surface area contributed by atoms with Gasteiger partial charge < -0.3 is 4.43 Å². The number of hydrogen-bond donors (Lipinski definition) is 1. The average molecular weight is 385 g/mol. The normalized spacial score (nSPS) is 12.4. The molecule has 0 heterocycles. The first-order valence-electron chi connectivity index (χ1n) is 7.71. The number of nitrogens with one attached hydrogen (secondary N) is 1. The first kappa shape index (κ1) is 21.3. The molecule has 0 aliphatic carbocycles. The third-order valence-electron chi connectivity index (χ3n) is 4.14. The SMILES string of the molecule is CC(C)(C)[Si](C)(C)OCC#CCNS(=O)(=O)c1ccccc1[N+](=O)[O-]. The van der Waals surface area contributed by atoms with Crippen LogP contribution in [0, 0.1) is 22.0 Å². The molecule has 0 saturated carbocycles. The highest BCUT2D eigenvalue weighted by atomic mass is 32.2. The Morgan fingerprint density at radius 3 is 2.40 bits per heavy atom. The smallest absolute Gasteiger partial charge is 0.289 e. The van der Waals surface area contributed by atoms with E-state index in [1.807, 2.05) is 0 Å². The molecule has 1 rings (SSSR count). The molecule has 1 N–H and O–H groups in total. The summed E-state index contributed by atoms with van der Waals surface area (Å²) in [7, 11) is -5.89. The molecule has 138 valence electrons. The molecule has 0 atom stereocenters. The van der Waals surface area contributed by atoms with Crippen LogP contribution in [0.2, 0.25) is 18.1 Å². The van der Waals surface area contributed by atoms with Gasteiger partial charge in [0.15, 0.2) is 13.2 Å². The molecule has 0 bridgehead atoms. The zero-order chi connectivity index (χ0) is 19.3. The van der Waals surface area contributed by atoms with Crippen LogP contribution in [-0.2, 0) is 14.4 Å². The summed E-state index contributed by atoms with van der Waals surface area (Å²) in [4.78, 5) is 9.83. The predicted molar refractivity (Wildman–Crippen MR) is 99.2 cm³/mol. The minimum Gasteiger partial charge on any atom is -0.406 e. The van der Waals surface area contributed by atoms with Crippen LogP contribution in [0.5, 0.6) is 0 Å². The Hall–Kier alpha value is -1.73. The molecule has 1 aromatic rings. The second-order valence-corrected chi connectivity index (χ2v) is 13.5. The van der Waals surface area contributed by atoms with Gasteiger partial charge in [-0.05, 0) is 24.2 Å². The van der Waals surface area contributed by atoms with Crippen molar-refractivity contribution in [1.82, 2.24) is 4.72 Å². The summed E-state index contributed by atoms with van der Waals surface area (Å²) < 4.78 is 32.5. The second-order valence-electron chi connectivity index (χ2n) is 6.95. The molecule has 0 aromatic heterocycles. The van der Waals surface area contributed by atoms with Gasteiger partial charge in [0.25, 0.3) is 5.69 Å². The Kier molecular flexibility index (Phi) is 6.90. The third-order valence-corrected chi connectivity index (χ3v) is 10.1. The van der Waals surface area contributed by atoms with Crippen LogP contribution in [0.1, 0.15) is 20.8 Å². The maximum absolute atomic E-state index is 12.2. The van der Waals surface area contributed by atoms with Crippen LogP contribution in [0.4, 0.5) is 5.69 Å². The van der Waals surface area contributed by atoms with Gasteiger partial charge in [-0.2, -0.15) is 4.72 Å². The molecule has 0 saturated heterocycles. The predicted octanol–water partition coefficient (Wildman–Crippen LogP) is 2.90. The fraction of sp³-hybridized carbons (Fsp3) is 0.500. The first-order chi connectivity index (χ1) is 11.4. The van der Waals surface area contributed by atoms with Crippen LogP contribution in [0.3, 0.4) is 0 Å². The topological polar surface area (TPSA) is 98.5 Å². The fourth-order valence-corrected chi connectivity index (χ4v) is 3.55. The minimum absolute atomic E-state index is 0.0719. The van der Waals surface area contributed by atoms with E-state index in [1.54, 1.807) is 0 Å². The number of rotatable bonds is 6. The molecular weight excluding hydrogens is 360 g/mol. The van der Waals surface area contributed by atoms with Crippen LogP contribution in [0.25, 0.3) is 0 Å². The molecule has 0 aliphatic heterocycles. The molecule has 25 heavy (non-hydrogen) atoms. The molecule has 7 nitrogen and oxygen atoms in total.